The summed E-state index contributed by atoms with van der Waals surface area (Å²) in [5, 5.41) is 11.5. The molecule has 0 N–H and O–H groups in total. The van der Waals surface area contributed by atoms with Gasteiger partial charge in [0.1, 0.15) is 0 Å². The van der Waals surface area contributed by atoms with Gasteiger partial charge in [-0.3, -0.25) is 19.7 Å². The third-order valence-electron chi connectivity index (χ3n) is 7.13. The van der Waals surface area contributed by atoms with Gasteiger partial charge in [-0.25, -0.2) is 8.42 Å². The second-order valence-electron chi connectivity index (χ2n) is 9.90. The van der Waals surface area contributed by atoms with Crippen molar-refractivity contribution in [2.24, 2.45) is 5.41 Å². The molecule has 0 heterocycles. The van der Waals surface area contributed by atoms with E-state index in [1.165, 1.54) is 24.3 Å². The minimum atomic E-state index is -4.15. The minimum absolute atomic E-state index is 0.0255. The third kappa shape index (κ3) is 4.35. The van der Waals surface area contributed by atoms with Crippen LogP contribution in [0.5, 0.6) is 0 Å². The maximum atomic E-state index is 14.0. The van der Waals surface area contributed by atoms with Crippen LogP contribution in [0.4, 0.5) is 5.69 Å². The summed E-state index contributed by atoms with van der Waals surface area (Å²) in [6.45, 7) is 3.85. The van der Waals surface area contributed by atoms with Gasteiger partial charge in [0.25, 0.3) is 5.69 Å². The molecule has 0 radical (unpaired) electrons. The monoisotopic (exact) mass is 525 g/mol. The minimum Gasteiger partial charge on any atom is -0.468 e. The Bertz CT molecular complexity index is 1450. The first kappa shape index (κ1) is 26.3. The number of hydrogen-bond donors (Lipinski definition) is 0. The SMILES string of the molecule is COC(=O)C1(C(=O)OC)CC2=Cc3cc([N+](=O)[O-])ccc3C(C)(C)CC2=C(S(=O)(=O)c2ccccc2)C1. The molecular formula is C27H27NO8S. The molecule has 10 heteroatoms. The maximum absolute atomic E-state index is 14.0. The fraction of sp³-hybridized carbons (Fsp3) is 0.333. The molecule has 0 unspecified atom stereocenters. The van der Waals surface area contributed by atoms with E-state index in [1.807, 2.05) is 13.8 Å². The molecule has 0 aliphatic heterocycles. The maximum Gasteiger partial charge on any atom is 0.323 e. The van der Waals surface area contributed by atoms with Crippen molar-refractivity contribution in [1.29, 1.82) is 0 Å². The fourth-order valence-electron chi connectivity index (χ4n) is 5.29. The van der Waals surface area contributed by atoms with Crippen LogP contribution in [0.1, 0.15) is 44.2 Å². The molecule has 2 aliphatic rings. The Morgan fingerprint density at radius 2 is 1.57 bits per heavy atom. The van der Waals surface area contributed by atoms with Crippen molar-refractivity contribution < 1.29 is 32.4 Å². The number of esters is 2. The van der Waals surface area contributed by atoms with E-state index in [9.17, 15) is 28.1 Å². The fourth-order valence-corrected chi connectivity index (χ4v) is 7.05. The van der Waals surface area contributed by atoms with Gasteiger partial charge in [-0.05, 0) is 52.7 Å². The third-order valence-corrected chi connectivity index (χ3v) is 9.06. The number of benzene rings is 2. The Balaban J connectivity index is 2.08. The second kappa shape index (κ2) is 9.26. The number of sulfone groups is 1. The molecule has 0 bridgehead atoms. The standard InChI is InChI=1S/C27H27NO8S/c1-26(2)15-21-18(12-17-13-19(28(31)32)10-11-22(17)26)14-27(24(29)35-3,25(30)36-4)16-23(21)37(33,34)20-8-6-5-7-9-20/h5-13H,14-16H2,1-4H3. The zero-order chi connectivity index (χ0) is 27.2. The summed E-state index contributed by atoms with van der Waals surface area (Å²) in [6, 6.07) is 12.3. The van der Waals surface area contributed by atoms with Gasteiger partial charge < -0.3 is 9.47 Å². The first-order chi connectivity index (χ1) is 17.4. The number of carbonyl (C=O) groups excluding carboxylic acids is 2. The predicted molar refractivity (Wildman–Crippen MR) is 135 cm³/mol. The Morgan fingerprint density at radius 3 is 2.14 bits per heavy atom. The molecular weight excluding hydrogens is 498 g/mol. The highest BCUT2D eigenvalue weighted by molar-refractivity contribution is 7.95. The average molecular weight is 526 g/mol. The van der Waals surface area contributed by atoms with Crippen LogP contribution in [0.2, 0.25) is 0 Å². The van der Waals surface area contributed by atoms with Crippen molar-refractivity contribution >= 4 is 33.5 Å². The normalized spacial score (nSPS) is 18.0. The summed E-state index contributed by atoms with van der Waals surface area (Å²) in [7, 11) is -1.90. The number of carbonyl (C=O) groups is 2. The zero-order valence-electron chi connectivity index (χ0n) is 20.9. The van der Waals surface area contributed by atoms with Crippen molar-refractivity contribution in [2.75, 3.05) is 14.2 Å². The van der Waals surface area contributed by atoms with Crippen LogP contribution in [-0.4, -0.2) is 39.5 Å². The summed E-state index contributed by atoms with van der Waals surface area (Å²) in [4.78, 5) is 37.2. The molecule has 37 heavy (non-hydrogen) atoms. The summed E-state index contributed by atoms with van der Waals surface area (Å²) >= 11 is 0. The molecule has 9 nitrogen and oxygen atoms in total. The molecule has 0 fully saturated rings. The van der Waals surface area contributed by atoms with E-state index in [0.717, 1.165) is 19.8 Å². The Labute approximate surface area is 214 Å². The molecule has 4 rings (SSSR count). The number of methoxy groups -OCH3 is 2. The smallest absolute Gasteiger partial charge is 0.323 e. The van der Waals surface area contributed by atoms with E-state index in [2.05, 4.69) is 0 Å². The van der Waals surface area contributed by atoms with E-state index in [-0.39, 0.29) is 28.3 Å². The molecule has 0 saturated heterocycles. The van der Waals surface area contributed by atoms with Gasteiger partial charge in [-0.15, -0.1) is 0 Å². The van der Waals surface area contributed by atoms with E-state index in [4.69, 9.17) is 9.47 Å². The van der Waals surface area contributed by atoms with Crippen LogP contribution in [0.25, 0.3) is 6.08 Å². The topological polar surface area (TPSA) is 130 Å². The number of fused-ring (bicyclic) bond motifs is 2. The molecule has 0 saturated carbocycles. The van der Waals surface area contributed by atoms with Gasteiger partial charge in [-0.1, -0.05) is 44.2 Å². The lowest BCUT2D eigenvalue weighted by Crippen LogP contribution is -2.45. The van der Waals surface area contributed by atoms with Crippen molar-refractivity contribution in [3.05, 3.63) is 85.8 Å². The first-order valence-electron chi connectivity index (χ1n) is 11.6. The number of allylic oxidation sites excluding steroid dienone is 3. The van der Waals surface area contributed by atoms with Crippen LogP contribution >= 0.6 is 0 Å². The summed E-state index contributed by atoms with van der Waals surface area (Å²) in [5.41, 5.74) is -0.479. The lowest BCUT2D eigenvalue weighted by atomic mass is 9.69. The van der Waals surface area contributed by atoms with Crippen molar-refractivity contribution in [3.8, 4) is 0 Å². The molecule has 0 atom stereocenters. The predicted octanol–water partition coefficient (Wildman–Crippen LogP) is 4.51. The van der Waals surface area contributed by atoms with Gasteiger partial charge in [0.2, 0.25) is 9.84 Å². The Hall–Kier alpha value is -3.79. The highest BCUT2D eigenvalue weighted by atomic mass is 32.2. The van der Waals surface area contributed by atoms with Crippen molar-refractivity contribution in [3.63, 3.8) is 0 Å². The summed E-state index contributed by atoms with van der Waals surface area (Å²) in [5.74, 6) is -1.83. The van der Waals surface area contributed by atoms with Crippen molar-refractivity contribution in [1.82, 2.24) is 0 Å². The van der Waals surface area contributed by atoms with Gasteiger partial charge in [0.15, 0.2) is 5.41 Å². The van der Waals surface area contributed by atoms with Gasteiger partial charge in [-0.2, -0.15) is 0 Å². The number of nitro benzene ring substituents is 1. The molecule has 2 aromatic rings. The van der Waals surface area contributed by atoms with Crippen LogP contribution in [0, 0.1) is 15.5 Å². The number of nitrogens with zero attached hydrogens (tertiary/aromatic N) is 1. The number of hydrogen-bond acceptors (Lipinski definition) is 8. The molecule has 2 aromatic carbocycles. The number of non-ortho nitro benzene ring substituents is 1. The van der Waals surface area contributed by atoms with Crippen LogP contribution in [0.3, 0.4) is 0 Å². The second-order valence-corrected chi connectivity index (χ2v) is 11.9. The number of nitro groups is 1. The van der Waals surface area contributed by atoms with E-state index >= 15 is 0 Å². The molecule has 0 aromatic heterocycles. The van der Waals surface area contributed by atoms with E-state index in [0.29, 0.717) is 16.7 Å². The van der Waals surface area contributed by atoms with Gasteiger partial charge >= 0.3 is 11.9 Å². The molecule has 2 aliphatic carbocycles. The van der Waals surface area contributed by atoms with Crippen LogP contribution in [-0.2, 0) is 34.3 Å². The Kier molecular flexibility index (Phi) is 6.58. The molecule has 0 amide bonds. The average Bonchev–Trinajstić information content (AvgIpc) is 2.99. The molecule has 194 valence electrons. The number of rotatable bonds is 5. The first-order valence-corrected chi connectivity index (χ1v) is 13.0. The van der Waals surface area contributed by atoms with Crippen molar-refractivity contribution in [2.45, 2.75) is 43.4 Å². The summed E-state index contributed by atoms with van der Waals surface area (Å²) in [6.07, 6.45) is 1.31. The number of ether oxygens (including phenoxy) is 2. The quantitative estimate of drug-likeness (QED) is 0.241. The molecule has 0 spiro atoms. The lowest BCUT2D eigenvalue weighted by molar-refractivity contribution is -0.384. The van der Waals surface area contributed by atoms with E-state index in [1.54, 1.807) is 30.3 Å². The zero-order valence-corrected chi connectivity index (χ0v) is 21.8. The highest BCUT2D eigenvalue weighted by Gasteiger charge is 2.55. The van der Waals surface area contributed by atoms with Crippen LogP contribution in [0.15, 0.2) is 69.5 Å². The van der Waals surface area contributed by atoms with Gasteiger partial charge in [0.05, 0.1) is 28.9 Å². The largest absolute Gasteiger partial charge is 0.468 e. The van der Waals surface area contributed by atoms with Crippen LogP contribution < -0.4 is 0 Å². The Morgan fingerprint density at radius 1 is 0.946 bits per heavy atom. The van der Waals surface area contributed by atoms with E-state index < -0.39 is 43.9 Å². The van der Waals surface area contributed by atoms with Gasteiger partial charge in [0, 0.05) is 18.6 Å². The summed E-state index contributed by atoms with van der Waals surface area (Å²) < 4.78 is 38.0. The lowest BCUT2D eigenvalue weighted by Gasteiger charge is -2.37. The highest BCUT2D eigenvalue weighted by Crippen LogP contribution is 2.52.